The van der Waals surface area contributed by atoms with Crippen molar-refractivity contribution >= 4 is 5.91 Å². The minimum absolute atomic E-state index is 0.0525. The summed E-state index contributed by atoms with van der Waals surface area (Å²) in [6, 6.07) is 11.3. The van der Waals surface area contributed by atoms with Crippen molar-refractivity contribution in [3.05, 3.63) is 96.8 Å². The Morgan fingerprint density at radius 3 is 2.47 bits per heavy atom. The molecule has 30 heavy (non-hydrogen) atoms. The van der Waals surface area contributed by atoms with Crippen molar-refractivity contribution < 1.29 is 4.79 Å². The number of hydrogen-bond acceptors (Lipinski definition) is 3. The molecule has 0 radical (unpaired) electrons. The summed E-state index contributed by atoms with van der Waals surface area (Å²) in [5.41, 5.74) is 3.90. The molecule has 6 heteroatoms. The molecule has 0 bridgehead atoms. The number of nitrogens with one attached hydrogen (secondary N) is 2. The van der Waals surface area contributed by atoms with Crippen molar-refractivity contribution in [2.75, 3.05) is 0 Å². The van der Waals surface area contributed by atoms with E-state index >= 15 is 0 Å². The molecule has 0 atom stereocenters. The van der Waals surface area contributed by atoms with Gasteiger partial charge in [0.25, 0.3) is 17.0 Å². The number of carbonyl (C=O) groups is 1. The Morgan fingerprint density at radius 2 is 1.80 bits per heavy atom. The van der Waals surface area contributed by atoms with Crippen LogP contribution in [0.25, 0.3) is 5.69 Å². The number of pyridine rings is 2. The van der Waals surface area contributed by atoms with Crippen LogP contribution in [0.1, 0.15) is 58.1 Å². The predicted octanol–water partition coefficient (Wildman–Crippen LogP) is 3.50. The van der Waals surface area contributed by atoms with E-state index in [0.717, 1.165) is 16.8 Å². The van der Waals surface area contributed by atoms with Crippen molar-refractivity contribution in [3.63, 3.8) is 0 Å². The first-order chi connectivity index (χ1) is 14.2. The topological polar surface area (TPSA) is 84.0 Å². The third-order valence-corrected chi connectivity index (χ3v) is 5.26. The number of amides is 1. The van der Waals surface area contributed by atoms with Gasteiger partial charge < -0.3 is 10.3 Å². The fraction of sp³-hybridized carbons (Fsp3) is 0.292. The van der Waals surface area contributed by atoms with E-state index < -0.39 is 5.91 Å². The first-order valence-electron chi connectivity index (χ1n) is 9.99. The molecule has 1 amide bonds. The van der Waals surface area contributed by atoms with Crippen LogP contribution < -0.4 is 16.4 Å². The van der Waals surface area contributed by atoms with Crippen molar-refractivity contribution in [3.8, 4) is 5.69 Å². The smallest absolute Gasteiger partial charge is 0.268 e. The molecule has 0 spiro atoms. The summed E-state index contributed by atoms with van der Waals surface area (Å²) in [6.45, 7) is 9.59. The molecular formula is C24H27N3O3. The second-order valence-corrected chi connectivity index (χ2v) is 7.92. The van der Waals surface area contributed by atoms with E-state index in [1.807, 2.05) is 37.3 Å². The number of H-pyrrole nitrogens is 1. The van der Waals surface area contributed by atoms with Gasteiger partial charge in [0.2, 0.25) is 0 Å². The van der Waals surface area contributed by atoms with Gasteiger partial charge in [-0.3, -0.25) is 19.0 Å². The zero-order chi connectivity index (χ0) is 22.0. The maximum absolute atomic E-state index is 13.1. The zero-order valence-electron chi connectivity index (χ0n) is 18.0. The second kappa shape index (κ2) is 8.53. The van der Waals surface area contributed by atoms with Crippen molar-refractivity contribution in [1.82, 2.24) is 14.9 Å². The Morgan fingerprint density at radius 1 is 1.07 bits per heavy atom. The van der Waals surface area contributed by atoms with Crippen LogP contribution in [0.2, 0.25) is 0 Å². The second-order valence-electron chi connectivity index (χ2n) is 7.92. The van der Waals surface area contributed by atoms with Gasteiger partial charge in [-0.25, -0.2) is 0 Å². The predicted molar refractivity (Wildman–Crippen MR) is 119 cm³/mol. The van der Waals surface area contributed by atoms with Crippen LogP contribution in [0.5, 0.6) is 0 Å². The highest BCUT2D eigenvalue weighted by Gasteiger charge is 2.17. The van der Waals surface area contributed by atoms with Crippen molar-refractivity contribution in [2.45, 2.75) is 47.1 Å². The molecule has 156 valence electrons. The first kappa shape index (κ1) is 21.3. The molecule has 2 aromatic heterocycles. The monoisotopic (exact) mass is 405 g/mol. The molecule has 0 aliphatic rings. The molecule has 0 aliphatic carbocycles. The van der Waals surface area contributed by atoms with E-state index in [4.69, 9.17) is 0 Å². The Labute approximate surface area is 175 Å². The largest absolute Gasteiger partial charge is 0.348 e. The molecule has 0 fully saturated rings. The van der Waals surface area contributed by atoms with Crippen LogP contribution >= 0.6 is 0 Å². The summed E-state index contributed by atoms with van der Waals surface area (Å²) in [7, 11) is 0. The highest BCUT2D eigenvalue weighted by atomic mass is 16.2. The number of carbonyl (C=O) groups excluding carboxylic acids is 1. The highest BCUT2D eigenvalue weighted by molar-refractivity contribution is 5.95. The van der Waals surface area contributed by atoms with Gasteiger partial charge in [-0.05, 0) is 67.6 Å². The number of benzene rings is 1. The van der Waals surface area contributed by atoms with Gasteiger partial charge in [0.05, 0.1) is 0 Å². The summed E-state index contributed by atoms with van der Waals surface area (Å²) in [6.07, 6.45) is 1.68. The van der Waals surface area contributed by atoms with Crippen LogP contribution in [0.15, 0.2) is 52.2 Å². The van der Waals surface area contributed by atoms with E-state index in [0.29, 0.717) is 22.7 Å². The molecule has 3 aromatic rings. The molecule has 6 nitrogen and oxygen atoms in total. The lowest BCUT2D eigenvalue weighted by atomic mass is 10.0. The Hall–Kier alpha value is -3.41. The van der Waals surface area contributed by atoms with Crippen molar-refractivity contribution in [2.24, 2.45) is 0 Å². The lowest BCUT2D eigenvalue weighted by Gasteiger charge is -2.13. The molecule has 0 saturated heterocycles. The van der Waals surface area contributed by atoms with E-state index in [1.54, 1.807) is 26.1 Å². The van der Waals surface area contributed by atoms with Gasteiger partial charge in [0.15, 0.2) is 0 Å². The fourth-order valence-electron chi connectivity index (χ4n) is 3.50. The van der Waals surface area contributed by atoms with Crippen LogP contribution in [-0.2, 0) is 6.54 Å². The van der Waals surface area contributed by atoms with Gasteiger partial charge in [-0.15, -0.1) is 0 Å². The van der Waals surface area contributed by atoms with Crippen LogP contribution in [0.4, 0.5) is 0 Å². The molecular weight excluding hydrogens is 378 g/mol. The zero-order valence-corrected chi connectivity index (χ0v) is 18.0. The van der Waals surface area contributed by atoms with E-state index in [2.05, 4.69) is 24.1 Å². The van der Waals surface area contributed by atoms with Crippen LogP contribution in [0, 0.1) is 20.8 Å². The van der Waals surface area contributed by atoms with Gasteiger partial charge in [-0.1, -0.05) is 26.0 Å². The summed E-state index contributed by atoms with van der Waals surface area (Å²) in [4.78, 5) is 40.9. The van der Waals surface area contributed by atoms with Gasteiger partial charge in [0, 0.05) is 29.7 Å². The third kappa shape index (κ3) is 4.27. The fourth-order valence-corrected chi connectivity index (χ4v) is 3.50. The number of aromatic amines is 1. The number of aryl methyl sites for hydroxylation is 3. The first-order valence-corrected chi connectivity index (χ1v) is 9.99. The average molecular weight is 405 g/mol. The van der Waals surface area contributed by atoms with E-state index in [1.165, 1.54) is 4.57 Å². The normalized spacial score (nSPS) is 11.0. The molecule has 2 N–H and O–H groups in total. The third-order valence-electron chi connectivity index (χ3n) is 5.26. The molecule has 0 unspecified atom stereocenters. The minimum Gasteiger partial charge on any atom is -0.348 e. The maximum Gasteiger partial charge on any atom is 0.268 e. The lowest BCUT2D eigenvalue weighted by molar-refractivity contribution is 0.0948. The van der Waals surface area contributed by atoms with Crippen LogP contribution in [0.3, 0.4) is 0 Å². The van der Waals surface area contributed by atoms with E-state index in [9.17, 15) is 14.4 Å². The summed E-state index contributed by atoms with van der Waals surface area (Å²) in [5.74, 6) is -0.170. The van der Waals surface area contributed by atoms with Gasteiger partial charge in [-0.2, -0.15) is 0 Å². The number of hydrogen-bond donors (Lipinski definition) is 2. The van der Waals surface area contributed by atoms with Crippen LogP contribution in [-0.4, -0.2) is 15.5 Å². The highest BCUT2D eigenvalue weighted by Crippen LogP contribution is 2.18. The molecule has 1 aromatic carbocycles. The molecule has 0 saturated carbocycles. The average Bonchev–Trinajstić information content (AvgIpc) is 2.67. The van der Waals surface area contributed by atoms with Gasteiger partial charge in [0.1, 0.15) is 5.56 Å². The quantitative estimate of drug-likeness (QED) is 0.681. The lowest BCUT2D eigenvalue weighted by Crippen LogP contribution is -2.34. The molecule has 3 rings (SSSR count). The SMILES string of the molecule is Cc1cc(C)c(CNC(=O)c2c(C)ccn(-c3cccc(C(C)C)c3)c2=O)c(=O)[nH]1. The molecule has 0 aliphatic heterocycles. The van der Waals surface area contributed by atoms with Crippen molar-refractivity contribution in [1.29, 1.82) is 0 Å². The standard InChI is InChI=1S/C24H27N3O3/c1-14(2)18-7-6-8-19(12-18)27-10-9-15(3)21(24(27)30)23(29)25-13-20-16(4)11-17(5)26-22(20)28/h6-12,14H,13H2,1-5H3,(H,25,29)(H,26,28). The van der Waals surface area contributed by atoms with Gasteiger partial charge >= 0.3 is 0 Å². The Bertz CT molecular complexity index is 1220. The minimum atomic E-state index is -0.494. The maximum atomic E-state index is 13.1. The Balaban J connectivity index is 1.94. The number of rotatable bonds is 5. The summed E-state index contributed by atoms with van der Waals surface area (Å²) >= 11 is 0. The summed E-state index contributed by atoms with van der Waals surface area (Å²) < 4.78 is 1.48. The number of aromatic nitrogens is 2. The Kier molecular flexibility index (Phi) is 6.06. The van der Waals surface area contributed by atoms with E-state index in [-0.39, 0.29) is 23.2 Å². The number of nitrogens with zero attached hydrogens (tertiary/aromatic N) is 1. The molecule has 2 heterocycles. The summed E-state index contributed by atoms with van der Waals surface area (Å²) in [5, 5.41) is 2.73.